The van der Waals surface area contributed by atoms with Crippen LogP contribution in [0.5, 0.6) is 5.75 Å². The summed E-state index contributed by atoms with van der Waals surface area (Å²) in [4.78, 5) is 24.5. The molecule has 2 rings (SSSR count). The van der Waals surface area contributed by atoms with Gasteiger partial charge in [-0.2, -0.15) is 0 Å². The smallest absolute Gasteiger partial charge is 0.329 e. The molecule has 0 unspecified atom stereocenters. The molecule has 1 heterocycles. The highest BCUT2D eigenvalue weighted by atomic mass is 19.1. The molecule has 0 atom stereocenters. The van der Waals surface area contributed by atoms with Crippen molar-refractivity contribution in [2.24, 2.45) is 0 Å². The lowest BCUT2D eigenvalue weighted by molar-refractivity contribution is -0.147. The summed E-state index contributed by atoms with van der Waals surface area (Å²) in [6.07, 6.45) is 0. The minimum Gasteiger partial charge on any atom is -0.482 e. The Bertz CT molecular complexity index is 756. The molecule has 0 aliphatic carbocycles. The summed E-state index contributed by atoms with van der Waals surface area (Å²) >= 11 is 0. The van der Waals surface area contributed by atoms with Gasteiger partial charge in [0.1, 0.15) is 12.1 Å². The van der Waals surface area contributed by atoms with Crippen LogP contribution in [0.3, 0.4) is 0 Å². The number of carbonyl (C=O) groups excluding carboxylic acids is 1. The maximum Gasteiger partial charge on any atom is 0.329 e. The second kappa shape index (κ2) is 6.69. The van der Waals surface area contributed by atoms with Gasteiger partial charge in [-0.15, -0.1) is 0 Å². The van der Waals surface area contributed by atoms with Crippen LogP contribution in [0.2, 0.25) is 0 Å². The van der Waals surface area contributed by atoms with Crippen LogP contribution in [0, 0.1) is 5.82 Å². The van der Waals surface area contributed by atoms with E-state index in [-0.39, 0.29) is 23.8 Å². The normalized spacial score (nSPS) is 11.2. The molecule has 128 valence electrons. The van der Waals surface area contributed by atoms with Crippen LogP contribution in [0.25, 0.3) is 0 Å². The van der Waals surface area contributed by atoms with Gasteiger partial charge in [0.15, 0.2) is 23.0 Å². The van der Waals surface area contributed by atoms with Gasteiger partial charge in [-0.1, -0.05) is 17.3 Å². The summed E-state index contributed by atoms with van der Waals surface area (Å²) in [6.45, 7) is 2.68. The molecule has 0 saturated heterocycles. The quantitative estimate of drug-likeness (QED) is 0.870. The molecule has 7 nitrogen and oxygen atoms in total. The lowest BCUT2D eigenvalue weighted by atomic mass is 10.0. The van der Waals surface area contributed by atoms with Crippen LogP contribution in [0.1, 0.15) is 30.1 Å². The molecule has 1 N–H and O–H groups in total. The zero-order valence-electron chi connectivity index (χ0n) is 13.4. The summed E-state index contributed by atoms with van der Waals surface area (Å²) in [7, 11) is 1.36. The van der Waals surface area contributed by atoms with Crippen LogP contribution < -0.4 is 4.74 Å². The predicted molar refractivity (Wildman–Crippen MR) is 81.0 cm³/mol. The molecular formula is C16H17FN2O5. The lowest BCUT2D eigenvalue weighted by Crippen LogP contribution is -2.50. The number of nitrogens with zero attached hydrogens (tertiary/aromatic N) is 2. The molecule has 0 bridgehead atoms. The summed E-state index contributed by atoms with van der Waals surface area (Å²) in [5.41, 5.74) is -1.46. The number of halogens is 1. The molecule has 0 aliphatic rings. The predicted octanol–water partition coefficient (Wildman–Crippen LogP) is 2.33. The number of aromatic nitrogens is 1. The van der Waals surface area contributed by atoms with E-state index in [1.165, 1.54) is 45.2 Å². The minimum absolute atomic E-state index is 0.0471. The molecule has 1 aromatic carbocycles. The molecule has 1 amide bonds. The highest BCUT2D eigenvalue weighted by Gasteiger charge is 2.36. The molecular weight excluding hydrogens is 319 g/mol. The van der Waals surface area contributed by atoms with Crippen molar-refractivity contribution in [2.45, 2.75) is 26.0 Å². The first-order chi connectivity index (χ1) is 11.2. The van der Waals surface area contributed by atoms with Crippen molar-refractivity contribution >= 4 is 11.9 Å². The summed E-state index contributed by atoms with van der Waals surface area (Å²) < 4.78 is 23.7. The van der Waals surface area contributed by atoms with E-state index in [2.05, 4.69) is 5.16 Å². The number of hydrogen-bond donors (Lipinski definition) is 1. The number of benzene rings is 1. The SMILES string of the molecule is CN(C(=O)c1cc(COc2ccccc2F)on1)C(C)(C)C(=O)O. The van der Waals surface area contributed by atoms with Gasteiger partial charge in [-0.25, -0.2) is 9.18 Å². The van der Waals surface area contributed by atoms with Crippen LogP contribution in [-0.2, 0) is 11.4 Å². The molecule has 0 fully saturated rings. The Morgan fingerprint density at radius 1 is 1.38 bits per heavy atom. The van der Waals surface area contributed by atoms with Crippen LogP contribution >= 0.6 is 0 Å². The van der Waals surface area contributed by atoms with Gasteiger partial charge < -0.3 is 19.3 Å². The van der Waals surface area contributed by atoms with Crippen molar-refractivity contribution in [3.05, 3.63) is 47.6 Å². The fraction of sp³-hybridized carbons (Fsp3) is 0.312. The van der Waals surface area contributed by atoms with E-state index < -0.39 is 23.2 Å². The summed E-state index contributed by atoms with van der Waals surface area (Å²) in [6, 6.07) is 7.20. The molecule has 0 aliphatic heterocycles. The highest BCUT2D eigenvalue weighted by Crippen LogP contribution is 2.19. The van der Waals surface area contributed by atoms with Crippen molar-refractivity contribution in [3.63, 3.8) is 0 Å². The third kappa shape index (κ3) is 3.53. The Morgan fingerprint density at radius 2 is 2.04 bits per heavy atom. The third-order valence-corrected chi connectivity index (χ3v) is 3.65. The van der Waals surface area contributed by atoms with E-state index in [9.17, 15) is 14.0 Å². The first-order valence-electron chi connectivity index (χ1n) is 7.08. The van der Waals surface area contributed by atoms with Crippen molar-refractivity contribution in [2.75, 3.05) is 7.05 Å². The Balaban J connectivity index is 2.06. The zero-order valence-corrected chi connectivity index (χ0v) is 13.4. The van der Waals surface area contributed by atoms with Gasteiger partial charge in [0, 0.05) is 13.1 Å². The molecule has 1 aromatic heterocycles. The van der Waals surface area contributed by atoms with Crippen molar-refractivity contribution in [1.29, 1.82) is 0 Å². The van der Waals surface area contributed by atoms with E-state index in [1.807, 2.05) is 0 Å². The minimum atomic E-state index is -1.40. The van der Waals surface area contributed by atoms with E-state index in [0.29, 0.717) is 0 Å². The Hall–Kier alpha value is -2.90. The number of carbonyl (C=O) groups is 2. The fourth-order valence-electron chi connectivity index (χ4n) is 1.76. The largest absolute Gasteiger partial charge is 0.482 e. The van der Waals surface area contributed by atoms with Crippen LogP contribution in [0.15, 0.2) is 34.9 Å². The maximum atomic E-state index is 13.5. The molecule has 0 radical (unpaired) electrons. The van der Waals surface area contributed by atoms with Gasteiger partial charge in [0.25, 0.3) is 5.91 Å². The highest BCUT2D eigenvalue weighted by molar-refractivity contribution is 5.95. The van der Waals surface area contributed by atoms with Gasteiger partial charge in [0.05, 0.1) is 0 Å². The van der Waals surface area contributed by atoms with Gasteiger partial charge in [-0.3, -0.25) is 4.79 Å². The summed E-state index contributed by atoms with van der Waals surface area (Å²) in [5, 5.41) is 12.8. The molecule has 24 heavy (non-hydrogen) atoms. The number of para-hydroxylation sites is 1. The number of carboxylic acids is 1. The van der Waals surface area contributed by atoms with Crippen molar-refractivity contribution in [3.8, 4) is 5.75 Å². The standard InChI is InChI=1S/C16H17FN2O5/c1-16(2,15(21)22)19(3)14(20)12-8-10(24-18-12)9-23-13-7-5-4-6-11(13)17/h4-8H,9H2,1-3H3,(H,21,22). The number of amides is 1. The van der Waals surface area contributed by atoms with Crippen LogP contribution in [-0.4, -0.2) is 39.6 Å². The number of hydrogen-bond acceptors (Lipinski definition) is 5. The molecule has 0 spiro atoms. The third-order valence-electron chi connectivity index (χ3n) is 3.65. The van der Waals surface area contributed by atoms with Gasteiger partial charge in [-0.05, 0) is 26.0 Å². The second-order valence-corrected chi connectivity index (χ2v) is 5.63. The number of aliphatic carboxylic acids is 1. The Labute approximate surface area is 137 Å². The Kier molecular flexibility index (Phi) is 4.87. The second-order valence-electron chi connectivity index (χ2n) is 5.63. The van der Waals surface area contributed by atoms with E-state index >= 15 is 0 Å². The van der Waals surface area contributed by atoms with Gasteiger partial charge >= 0.3 is 5.97 Å². The van der Waals surface area contributed by atoms with Crippen LogP contribution in [0.4, 0.5) is 4.39 Å². The van der Waals surface area contributed by atoms with Gasteiger partial charge in [0.2, 0.25) is 0 Å². The number of rotatable bonds is 6. The van der Waals surface area contributed by atoms with E-state index in [0.717, 1.165) is 4.90 Å². The van der Waals surface area contributed by atoms with Crippen molar-refractivity contribution in [1.82, 2.24) is 10.1 Å². The first-order valence-corrected chi connectivity index (χ1v) is 7.08. The average molecular weight is 336 g/mol. The zero-order chi connectivity index (χ0) is 17.9. The maximum absolute atomic E-state index is 13.5. The topological polar surface area (TPSA) is 92.9 Å². The van der Waals surface area contributed by atoms with E-state index in [4.69, 9.17) is 14.4 Å². The number of ether oxygens (including phenoxy) is 1. The van der Waals surface area contributed by atoms with Crippen molar-refractivity contribution < 1.29 is 28.3 Å². The Morgan fingerprint density at radius 3 is 2.67 bits per heavy atom. The average Bonchev–Trinajstić information content (AvgIpc) is 3.01. The lowest BCUT2D eigenvalue weighted by Gasteiger charge is -2.30. The molecule has 0 saturated carbocycles. The summed E-state index contributed by atoms with van der Waals surface area (Å²) in [5.74, 6) is -2.02. The number of carboxylic acid groups (broad SMARTS) is 1. The first kappa shape index (κ1) is 17.5. The monoisotopic (exact) mass is 336 g/mol. The number of likely N-dealkylation sites (N-methyl/N-ethyl adjacent to an activating group) is 1. The molecule has 2 aromatic rings. The fourth-order valence-corrected chi connectivity index (χ4v) is 1.76. The van der Waals surface area contributed by atoms with E-state index in [1.54, 1.807) is 6.07 Å². The molecule has 8 heteroatoms.